The van der Waals surface area contributed by atoms with Crippen molar-refractivity contribution in [2.24, 2.45) is 0 Å². The maximum absolute atomic E-state index is 13.6. The van der Waals surface area contributed by atoms with E-state index in [4.69, 9.17) is 22.1 Å². The highest BCUT2D eigenvalue weighted by Gasteiger charge is 2.08. The molecule has 0 aliphatic heterocycles. The Balaban J connectivity index is 2.16. The Morgan fingerprint density at radius 3 is 2.63 bits per heavy atom. The lowest BCUT2D eigenvalue weighted by molar-refractivity contribution is 0.290. The third kappa shape index (κ3) is 3.15. The van der Waals surface area contributed by atoms with Crippen LogP contribution in [-0.2, 0) is 6.61 Å². The van der Waals surface area contributed by atoms with Gasteiger partial charge in [0.25, 0.3) is 0 Å². The Bertz CT molecular complexity index is 617. The summed E-state index contributed by atoms with van der Waals surface area (Å²) in [4.78, 5) is 0. The Morgan fingerprint density at radius 2 is 1.95 bits per heavy atom. The topological polar surface area (TPSA) is 35.2 Å². The van der Waals surface area contributed by atoms with Gasteiger partial charge in [0.2, 0.25) is 0 Å². The average Bonchev–Trinajstić information content (AvgIpc) is 2.34. The summed E-state index contributed by atoms with van der Waals surface area (Å²) >= 11 is 5.86. The molecule has 2 N–H and O–H groups in total. The number of anilines is 1. The van der Waals surface area contributed by atoms with Gasteiger partial charge in [0, 0.05) is 17.3 Å². The first-order chi connectivity index (χ1) is 8.97. The zero-order valence-electron chi connectivity index (χ0n) is 10.2. The van der Waals surface area contributed by atoms with Crippen molar-refractivity contribution in [1.82, 2.24) is 0 Å². The third-order valence-corrected chi connectivity index (χ3v) is 3.07. The first kappa shape index (κ1) is 13.6. The minimum Gasteiger partial charge on any atom is -0.486 e. The van der Waals surface area contributed by atoms with Gasteiger partial charge >= 0.3 is 0 Å². The Hall–Kier alpha value is -1.81. The van der Waals surface area contributed by atoms with E-state index in [1.54, 1.807) is 6.92 Å². The molecule has 2 nitrogen and oxygen atoms in total. The molecule has 0 aromatic heterocycles. The molecule has 2 aromatic rings. The molecule has 2 rings (SSSR count). The number of hydrogen-bond donors (Lipinski definition) is 1. The van der Waals surface area contributed by atoms with Crippen LogP contribution in [0.1, 0.15) is 11.1 Å². The second-order valence-corrected chi connectivity index (χ2v) is 4.57. The summed E-state index contributed by atoms with van der Waals surface area (Å²) in [5.74, 6) is -0.878. The van der Waals surface area contributed by atoms with Crippen molar-refractivity contribution in [3.8, 4) is 5.75 Å². The maximum atomic E-state index is 13.6. The average molecular weight is 284 g/mol. The lowest BCUT2D eigenvalue weighted by atomic mass is 10.2. The summed E-state index contributed by atoms with van der Waals surface area (Å²) in [6, 6.07) is 6.68. The minimum absolute atomic E-state index is 0.0550. The largest absolute Gasteiger partial charge is 0.486 e. The molecule has 0 fully saturated rings. The summed E-state index contributed by atoms with van der Waals surface area (Å²) < 4.78 is 31.8. The van der Waals surface area contributed by atoms with Gasteiger partial charge in [-0.15, -0.1) is 0 Å². The van der Waals surface area contributed by atoms with Gasteiger partial charge in [0.05, 0.1) is 5.02 Å². The van der Waals surface area contributed by atoms with E-state index in [1.807, 2.05) is 0 Å². The van der Waals surface area contributed by atoms with E-state index in [0.717, 1.165) is 5.56 Å². The molecule has 0 aliphatic carbocycles. The predicted octanol–water partition coefficient (Wildman–Crippen LogP) is 4.09. The highest BCUT2D eigenvalue weighted by Crippen LogP contribution is 2.25. The zero-order valence-corrected chi connectivity index (χ0v) is 11.0. The molecule has 0 saturated carbocycles. The van der Waals surface area contributed by atoms with E-state index in [-0.39, 0.29) is 17.4 Å². The summed E-state index contributed by atoms with van der Waals surface area (Å²) in [5.41, 5.74) is 7.25. The Kier molecular flexibility index (Phi) is 3.90. The first-order valence-corrected chi connectivity index (χ1v) is 5.97. The van der Waals surface area contributed by atoms with Crippen LogP contribution in [0, 0.1) is 18.6 Å². The summed E-state index contributed by atoms with van der Waals surface area (Å²) in [5, 5.41) is 0.243. The van der Waals surface area contributed by atoms with Crippen LogP contribution in [0.3, 0.4) is 0 Å². The second kappa shape index (κ2) is 5.45. The van der Waals surface area contributed by atoms with Crippen LogP contribution in [0.15, 0.2) is 30.3 Å². The maximum Gasteiger partial charge on any atom is 0.167 e. The van der Waals surface area contributed by atoms with Crippen LogP contribution in [0.2, 0.25) is 5.02 Å². The molecule has 0 bridgehead atoms. The van der Waals surface area contributed by atoms with Crippen LogP contribution in [0.5, 0.6) is 5.75 Å². The van der Waals surface area contributed by atoms with Crippen molar-refractivity contribution >= 4 is 17.3 Å². The molecular formula is C14H12ClF2NO. The lowest BCUT2D eigenvalue weighted by Gasteiger charge is -2.10. The predicted molar refractivity (Wildman–Crippen MR) is 71.3 cm³/mol. The zero-order chi connectivity index (χ0) is 14.0. The smallest absolute Gasteiger partial charge is 0.167 e. The number of rotatable bonds is 3. The van der Waals surface area contributed by atoms with Crippen molar-refractivity contribution in [2.75, 3.05) is 5.73 Å². The van der Waals surface area contributed by atoms with Crippen LogP contribution in [-0.4, -0.2) is 0 Å². The van der Waals surface area contributed by atoms with Gasteiger partial charge in [-0.05, 0) is 30.7 Å². The number of halogens is 3. The van der Waals surface area contributed by atoms with Gasteiger partial charge < -0.3 is 10.5 Å². The molecule has 5 heteroatoms. The Morgan fingerprint density at radius 1 is 1.21 bits per heavy atom. The van der Waals surface area contributed by atoms with Crippen LogP contribution >= 0.6 is 11.6 Å². The number of hydrogen-bond acceptors (Lipinski definition) is 2. The van der Waals surface area contributed by atoms with Crippen LogP contribution in [0.4, 0.5) is 14.5 Å². The quantitative estimate of drug-likeness (QED) is 0.861. The van der Waals surface area contributed by atoms with E-state index in [0.29, 0.717) is 11.3 Å². The van der Waals surface area contributed by atoms with Crippen molar-refractivity contribution in [1.29, 1.82) is 0 Å². The first-order valence-electron chi connectivity index (χ1n) is 5.59. The summed E-state index contributed by atoms with van der Waals surface area (Å²) in [7, 11) is 0. The van der Waals surface area contributed by atoms with E-state index in [9.17, 15) is 8.78 Å². The van der Waals surface area contributed by atoms with Gasteiger partial charge in [-0.1, -0.05) is 17.7 Å². The molecular weight excluding hydrogens is 272 g/mol. The highest BCUT2D eigenvalue weighted by atomic mass is 35.5. The van der Waals surface area contributed by atoms with E-state index in [2.05, 4.69) is 0 Å². The lowest BCUT2D eigenvalue weighted by Crippen LogP contribution is -2.00. The van der Waals surface area contributed by atoms with Gasteiger partial charge in [-0.2, -0.15) is 0 Å². The third-order valence-electron chi connectivity index (χ3n) is 2.72. The van der Waals surface area contributed by atoms with E-state index >= 15 is 0 Å². The molecule has 0 atom stereocenters. The molecule has 0 amide bonds. The molecule has 100 valence electrons. The summed E-state index contributed by atoms with van der Waals surface area (Å²) in [6.45, 7) is 1.81. The number of ether oxygens (including phenoxy) is 1. The molecule has 19 heavy (non-hydrogen) atoms. The fourth-order valence-corrected chi connectivity index (χ4v) is 1.80. The highest BCUT2D eigenvalue weighted by molar-refractivity contribution is 6.31. The van der Waals surface area contributed by atoms with Gasteiger partial charge in [0.1, 0.15) is 12.4 Å². The molecule has 0 aliphatic rings. The van der Waals surface area contributed by atoms with E-state index < -0.39 is 11.6 Å². The minimum atomic E-state index is -0.540. The fourth-order valence-electron chi connectivity index (χ4n) is 1.58. The molecule has 0 heterocycles. The second-order valence-electron chi connectivity index (χ2n) is 4.16. The molecule has 2 aromatic carbocycles. The number of aryl methyl sites for hydroxylation is 1. The monoisotopic (exact) mass is 283 g/mol. The molecule has 0 saturated heterocycles. The van der Waals surface area contributed by atoms with E-state index in [1.165, 1.54) is 30.3 Å². The molecule has 0 spiro atoms. The fraction of sp³-hybridized carbons (Fsp3) is 0.143. The van der Waals surface area contributed by atoms with Crippen LogP contribution < -0.4 is 10.5 Å². The van der Waals surface area contributed by atoms with Crippen molar-refractivity contribution in [2.45, 2.75) is 13.5 Å². The van der Waals surface area contributed by atoms with Crippen molar-refractivity contribution < 1.29 is 13.5 Å². The standard InChI is InChI=1S/C14H12ClF2NO/c1-8-4-14(12(17)6-13(8)18)19-7-9-2-3-10(16)5-11(9)15/h2-6H,7,18H2,1H3. The number of nitrogen functional groups attached to an aromatic ring is 1. The van der Waals surface area contributed by atoms with Crippen molar-refractivity contribution in [3.05, 3.63) is 58.1 Å². The van der Waals surface area contributed by atoms with Gasteiger partial charge in [-0.25, -0.2) is 8.78 Å². The number of benzene rings is 2. The molecule has 0 unspecified atom stereocenters. The Labute approximate surface area is 114 Å². The SMILES string of the molecule is Cc1cc(OCc2ccc(F)cc2Cl)c(F)cc1N. The van der Waals surface area contributed by atoms with Crippen LogP contribution in [0.25, 0.3) is 0 Å². The molecule has 0 radical (unpaired) electrons. The summed E-state index contributed by atoms with van der Waals surface area (Å²) in [6.07, 6.45) is 0. The van der Waals surface area contributed by atoms with Crippen molar-refractivity contribution in [3.63, 3.8) is 0 Å². The van der Waals surface area contributed by atoms with Gasteiger partial charge in [-0.3, -0.25) is 0 Å². The number of nitrogens with two attached hydrogens (primary N) is 1. The normalized spacial score (nSPS) is 10.5. The van der Waals surface area contributed by atoms with Gasteiger partial charge in [0.15, 0.2) is 11.6 Å².